The molecule has 2 heteroatoms. The normalized spacial score (nSPS) is 10.2. The summed E-state index contributed by atoms with van der Waals surface area (Å²) in [5.74, 6) is 0.907. The van der Waals surface area contributed by atoms with Crippen LogP contribution >= 0.6 is 0 Å². The van der Waals surface area contributed by atoms with Gasteiger partial charge in [0.15, 0.2) is 0 Å². The van der Waals surface area contributed by atoms with Gasteiger partial charge >= 0.3 is 0 Å². The first-order chi connectivity index (χ1) is 8.29. The van der Waals surface area contributed by atoms with Crippen molar-refractivity contribution >= 4 is 0 Å². The number of hydrogen-bond donors (Lipinski definition) is 1. The Labute approximate surface area is 102 Å². The molecular weight excluding hydrogens is 210 g/mol. The first-order valence-electron chi connectivity index (χ1n) is 5.89. The highest BCUT2D eigenvalue weighted by molar-refractivity contribution is 5.64. The molecule has 0 unspecified atom stereocenters. The number of quaternary nitrogens is 1. The first-order valence-corrected chi connectivity index (χ1v) is 5.89. The molecule has 17 heavy (non-hydrogen) atoms. The monoisotopic (exact) mass is 228 g/mol. The van der Waals surface area contributed by atoms with E-state index in [-0.39, 0.29) is 0 Å². The standard InChI is InChI=1S/C15H17NO/c1-12-2-4-13(5-3-12)14-6-8-15(9-7-14)17-11-10-16/h2-9H,10-11,16H2,1H3/p+1. The maximum Gasteiger partial charge on any atom is 0.137 e. The van der Waals surface area contributed by atoms with E-state index >= 15 is 0 Å². The molecule has 2 rings (SSSR count). The van der Waals surface area contributed by atoms with E-state index in [0.717, 1.165) is 12.3 Å². The van der Waals surface area contributed by atoms with Gasteiger partial charge in [0.2, 0.25) is 0 Å². The van der Waals surface area contributed by atoms with E-state index in [4.69, 9.17) is 4.74 Å². The number of ether oxygens (including phenoxy) is 1. The Morgan fingerprint density at radius 3 is 1.94 bits per heavy atom. The molecule has 0 bridgehead atoms. The van der Waals surface area contributed by atoms with Gasteiger partial charge in [-0.1, -0.05) is 42.0 Å². The molecule has 0 aliphatic rings. The SMILES string of the molecule is Cc1ccc(-c2ccc(OCC[NH3+])cc2)cc1. The second-order valence-corrected chi connectivity index (χ2v) is 4.09. The molecule has 0 fully saturated rings. The Bertz CT molecular complexity index is 459. The fraction of sp³-hybridized carbons (Fsp3) is 0.200. The number of hydrogen-bond acceptors (Lipinski definition) is 1. The second kappa shape index (κ2) is 5.51. The highest BCUT2D eigenvalue weighted by Gasteiger charge is 1.98. The van der Waals surface area contributed by atoms with E-state index in [0.29, 0.717) is 6.61 Å². The predicted molar refractivity (Wildman–Crippen MR) is 69.9 cm³/mol. The van der Waals surface area contributed by atoms with Crippen LogP contribution in [0.5, 0.6) is 5.75 Å². The zero-order chi connectivity index (χ0) is 12.1. The lowest BCUT2D eigenvalue weighted by atomic mass is 10.0. The maximum absolute atomic E-state index is 5.50. The zero-order valence-electron chi connectivity index (χ0n) is 10.1. The Hall–Kier alpha value is -1.80. The summed E-state index contributed by atoms with van der Waals surface area (Å²) in [5, 5.41) is 0. The fourth-order valence-electron chi connectivity index (χ4n) is 1.68. The Morgan fingerprint density at radius 2 is 1.41 bits per heavy atom. The quantitative estimate of drug-likeness (QED) is 0.856. The van der Waals surface area contributed by atoms with Crippen molar-refractivity contribution < 1.29 is 10.5 Å². The lowest BCUT2D eigenvalue weighted by molar-refractivity contribution is -0.370. The summed E-state index contributed by atoms with van der Waals surface area (Å²) in [5.41, 5.74) is 7.48. The molecule has 0 atom stereocenters. The van der Waals surface area contributed by atoms with Crippen LogP contribution in [0.25, 0.3) is 11.1 Å². The van der Waals surface area contributed by atoms with Crippen molar-refractivity contribution in [1.82, 2.24) is 0 Å². The zero-order valence-corrected chi connectivity index (χ0v) is 10.1. The molecule has 0 saturated heterocycles. The van der Waals surface area contributed by atoms with Crippen LogP contribution in [0.15, 0.2) is 48.5 Å². The van der Waals surface area contributed by atoms with Crippen LogP contribution in [-0.2, 0) is 0 Å². The van der Waals surface area contributed by atoms with Crippen LogP contribution in [0.3, 0.4) is 0 Å². The summed E-state index contributed by atoms with van der Waals surface area (Å²) in [7, 11) is 0. The average molecular weight is 228 g/mol. The predicted octanol–water partition coefficient (Wildman–Crippen LogP) is 2.28. The highest BCUT2D eigenvalue weighted by Crippen LogP contribution is 2.22. The van der Waals surface area contributed by atoms with Gasteiger partial charge in [-0.05, 0) is 30.2 Å². The highest BCUT2D eigenvalue weighted by atomic mass is 16.5. The van der Waals surface area contributed by atoms with E-state index in [2.05, 4.69) is 49.1 Å². The Kier molecular flexibility index (Phi) is 3.78. The lowest BCUT2D eigenvalue weighted by Gasteiger charge is -2.05. The third-order valence-corrected chi connectivity index (χ3v) is 2.65. The fourth-order valence-corrected chi connectivity index (χ4v) is 1.68. The largest absolute Gasteiger partial charge is 0.488 e. The summed E-state index contributed by atoms with van der Waals surface area (Å²) in [6.45, 7) is 3.56. The molecule has 0 saturated carbocycles. The molecule has 0 spiro atoms. The molecular formula is C15H18NO+. The van der Waals surface area contributed by atoms with Gasteiger partial charge in [-0.2, -0.15) is 0 Å². The van der Waals surface area contributed by atoms with E-state index < -0.39 is 0 Å². The summed E-state index contributed by atoms with van der Waals surface area (Å²) in [6.07, 6.45) is 0. The first kappa shape index (κ1) is 11.7. The van der Waals surface area contributed by atoms with Gasteiger partial charge in [-0.15, -0.1) is 0 Å². The van der Waals surface area contributed by atoms with Crippen molar-refractivity contribution in [2.24, 2.45) is 0 Å². The van der Waals surface area contributed by atoms with Gasteiger partial charge in [-0.3, -0.25) is 0 Å². The minimum atomic E-state index is 0.671. The summed E-state index contributed by atoms with van der Waals surface area (Å²) >= 11 is 0. The van der Waals surface area contributed by atoms with Crippen molar-refractivity contribution in [3.63, 3.8) is 0 Å². The van der Waals surface area contributed by atoms with E-state index in [1.807, 2.05) is 12.1 Å². The minimum absolute atomic E-state index is 0.671. The van der Waals surface area contributed by atoms with Crippen molar-refractivity contribution in [3.8, 4) is 16.9 Å². The third-order valence-electron chi connectivity index (χ3n) is 2.65. The van der Waals surface area contributed by atoms with Crippen LogP contribution in [0.4, 0.5) is 0 Å². The molecule has 0 heterocycles. The molecule has 0 aliphatic carbocycles. The average Bonchev–Trinajstić information content (AvgIpc) is 2.38. The van der Waals surface area contributed by atoms with Crippen LogP contribution in [-0.4, -0.2) is 13.2 Å². The maximum atomic E-state index is 5.50. The van der Waals surface area contributed by atoms with Crippen molar-refractivity contribution in [1.29, 1.82) is 0 Å². The number of aryl methyl sites for hydroxylation is 1. The topological polar surface area (TPSA) is 36.9 Å². The van der Waals surface area contributed by atoms with E-state index in [1.165, 1.54) is 16.7 Å². The summed E-state index contributed by atoms with van der Waals surface area (Å²) < 4.78 is 5.50. The number of benzene rings is 2. The third kappa shape index (κ3) is 3.08. The minimum Gasteiger partial charge on any atom is -0.488 e. The van der Waals surface area contributed by atoms with E-state index in [1.54, 1.807) is 0 Å². The van der Waals surface area contributed by atoms with Crippen molar-refractivity contribution in [2.75, 3.05) is 13.2 Å². The molecule has 0 amide bonds. The van der Waals surface area contributed by atoms with Crippen molar-refractivity contribution in [2.45, 2.75) is 6.92 Å². The van der Waals surface area contributed by atoms with Gasteiger partial charge in [-0.25, -0.2) is 0 Å². The van der Waals surface area contributed by atoms with Crippen LogP contribution in [0, 0.1) is 6.92 Å². The van der Waals surface area contributed by atoms with Crippen LogP contribution in [0.1, 0.15) is 5.56 Å². The molecule has 0 aromatic heterocycles. The van der Waals surface area contributed by atoms with Crippen LogP contribution in [0.2, 0.25) is 0 Å². The molecule has 88 valence electrons. The molecule has 3 N–H and O–H groups in total. The lowest BCUT2D eigenvalue weighted by Crippen LogP contribution is -2.52. The molecule has 2 aromatic rings. The summed E-state index contributed by atoms with van der Waals surface area (Å²) in [4.78, 5) is 0. The smallest absolute Gasteiger partial charge is 0.137 e. The second-order valence-electron chi connectivity index (χ2n) is 4.09. The molecule has 2 nitrogen and oxygen atoms in total. The molecule has 2 aromatic carbocycles. The van der Waals surface area contributed by atoms with E-state index in [9.17, 15) is 0 Å². The van der Waals surface area contributed by atoms with Gasteiger partial charge in [0.1, 0.15) is 18.9 Å². The van der Waals surface area contributed by atoms with Gasteiger partial charge in [0, 0.05) is 0 Å². The molecule has 0 aliphatic heterocycles. The number of rotatable bonds is 4. The van der Waals surface area contributed by atoms with Crippen molar-refractivity contribution in [3.05, 3.63) is 54.1 Å². The Morgan fingerprint density at radius 1 is 0.882 bits per heavy atom. The molecule has 0 radical (unpaired) electrons. The van der Waals surface area contributed by atoms with Gasteiger partial charge in [0.25, 0.3) is 0 Å². The van der Waals surface area contributed by atoms with Gasteiger partial charge in [0.05, 0.1) is 0 Å². The Balaban J connectivity index is 2.14. The van der Waals surface area contributed by atoms with Crippen LogP contribution < -0.4 is 10.5 Å². The summed E-state index contributed by atoms with van der Waals surface area (Å²) in [6, 6.07) is 16.7. The van der Waals surface area contributed by atoms with Gasteiger partial charge < -0.3 is 10.5 Å².